The smallest absolute Gasteiger partial charge is 0.229 e. The van der Waals surface area contributed by atoms with E-state index >= 15 is 0 Å². The second-order valence-corrected chi connectivity index (χ2v) is 8.09. The van der Waals surface area contributed by atoms with E-state index in [2.05, 4.69) is 30.9 Å². The van der Waals surface area contributed by atoms with Gasteiger partial charge in [-0.05, 0) is 36.1 Å². The van der Waals surface area contributed by atoms with Gasteiger partial charge in [0.25, 0.3) is 0 Å². The third-order valence-corrected chi connectivity index (χ3v) is 4.31. The molecule has 0 spiro atoms. The fraction of sp³-hybridized carbons (Fsp3) is 0.600. The number of nitrogens with zero attached hydrogens (tertiary/aromatic N) is 2. The van der Waals surface area contributed by atoms with Crippen molar-refractivity contribution < 1.29 is 19.1 Å². The van der Waals surface area contributed by atoms with Crippen molar-refractivity contribution in [2.45, 2.75) is 58.7 Å². The SMILES string of the molecule is CC(C)(C)CC(O)Cc1nc(-c2ccc(OC3CCOCC3)cc2)no1. The summed E-state index contributed by atoms with van der Waals surface area (Å²) in [6.45, 7) is 7.81. The molecule has 1 aliphatic heterocycles. The number of rotatable bonds is 6. The Balaban J connectivity index is 1.58. The van der Waals surface area contributed by atoms with Gasteiger partial charge in [0, 0.05) is 18.4 Å². The highest BCUT2D eigenvalue weighted by molar-refractivity contribution is 5.55. The van der Waals surface area contributed by atoms with E-state index in [1.54, 1.807) is 0 Å². The van der Waals surface area contributed by atoms with Crippen LogP contribution in [-0.4, -0.2) is 40.7 Å². The zero-order chi connectivity index (χ0) is 18.6. The van der Waals surface area contributed by atoms with Crippen LogP contribution in [0.5, 0.6) is 5.75 Å². The molecule has 1 atom stereocenters. The van der Waals surface area contributed by atoms with Gasteiger partial charge in [0.2, 0.25) is 11.7 Å². The van der Waals surface area contributed by atoms with E-state index in [1.165, 1.54) is 0 Å². The van der Waals surface area contributed by atoms with Crippen molar-refractivity contribution in [3.05, 3.63) is 30.2 Å². The van der Waals surface area contributed by atoms with Crippen molar-refractivity contribution >= 4 is 0 Å². The number of aromatic nitrogens is 2. The summed E-state index contributed by atoms with van der Waals surface area (Å²) in [7, 11) is 0. The molecule has 1 aliphatic rings. The third kappa shape index (κ3) is 5.54. The van der Waals surface area contributed by atoms with E-state index in [1.807, 2.05) is 24.3 Å². The molecule has 1 N–H and O–H groups in total. The second-order valence-electron chi connectivity index (χ2n) is 8.09. The zero-order valence-corrected chi connectivity index (χ0v) is 15.8. The standard InChI is InChI=1S/C20H28N2O4/c1-20(2,3)13-15(23)12-18-21-19(22-26-18)14-4-6-16(7-5-14)25-17-8-10-24-11-9-17/h4-7,15,17,23H,8-13H2,1-3H3. The first-order chi connectivity index (χ1) is 12.4. The number of hydrogen-bond donors (Lipinski definition) is 1. The molecule has 6 heteroatoms. The van der Waals surface area contributed by atoms with Gasteiger partial charge >= 0.3 is 0 Å². The predicted octanol–water partition coefficient (Wildman–Crippen LogP) is 3.63. The molecule has 0 amide bonds. The maximum absolute atomic E-state index is 10.2. The Kier molecular flexibility index (Phi) is 5.94. The van der Waals surface area contributed by atoms with Gasteiger partial charge in [0.1, 0.15) is 11.9 Å². The molecular formula is C20H28N2O4. The van der Waals surface area contributed by atoms with Crippen molar-refractivity contribution in [2.75, 3.05) is 13.2 Å². The van der Waals surface area contributed by atoms with Crippen molar-refractivity contribution in [3.8, 4) is 17.1 Å². The molecule has 1 aromatic heterocycles. The van der Waals surface area contributed by atoms with E-state index in [0.717, 1.165) is 37.4 Å². The van der Waals surface area contributed by atoms with E-state index < -0.39 is 6.10 Å². The molecule has 3 rings (SSSR count). The molecule has 2 heterocycles. The maximum atomic E-state index is 10.2. The summed E-state index contributed by atoms with van der Waals surface area (Å²) in [6, 6.07) is 7.70. The van der Waals surface area contributed by atoms with E-state index in [4.69, 9.17) is 14.0 Å². The van der Waals surface area contributed by atoms with Crippen LogP contribution in [0.4, 0.5) is 0 Å². The quantitative estimate of drug-likeness (QED) is 0.847. The Morgan fingerprint density at radius 1 is 1.19 bits per heavy atom. The van der Waals surface area contributed by atoms with Crippen LogP contribution in [0.1, 0.15) is 45.9 Å². The minimum atomic E-state index is -0.487. The number of benzene rings is 1. The van der Waals surface area contributed by atoms with Crippen molar-refractivity contribution in [1.29, 1.82) is 0 Å². The van der Waals surface area contributed by atoms with Gasteiger partial charge in [0.05, 0.1) is 25.7 Å². The number of ether oxygens (including phenoxy) is 2. The first-order valence-corrected chi connectivity index (χ1v) is 9.24. The van der Waals surface area contributed by atoms with Crippen LogP contribution in [-0.2, 0) is 11.2 Å². The molecule has 142 valence electrons. The molecule has 0 saturated carbocycles. The number of aliphatic hydroxyl groups is 1. The fourth-order valence-corrected chi connectivity index (χ4v) is 3.10. The molecule has 0 radical (unpaired) electrons. The highest BCUT2D eigenvalue weighted by atomic mass is 16.5. The molecule has 0 aliphatic carbocycles. The van der Waals surface area contributed by atoms with Crippen molar-refractivity contribution in [1.82, 2.24) is 10.1 Å². The lowest BCUT2D eigenvalue weighted by molar-refractivity contribution is 0.0256. The molecule has 26 heavy (non-hydrogen) atoms. The average molecular weight is 360 g/mol. The van der Waals surface area contributed by atoms with Crippen LogP contribution in [0, 0.1) is 5.41 Å². The molecule has 1 saturated heterocycles. The third-order valence-electron chi connectivity index (χ3n) is 4.31. The zero-order valence-electron chi connectivity index (χ0n) is 15.8. The number of hydrogen-bond acceptors (Lipinski definition) is 6. The Hall–Kier alpha value is -1.92. The van der Waals surface area contributed by atoms with Crippen LogP contribution >= 0.6 is 0 Å². The first kappa shape index (κ1) is 18.9. The van der Waals surface area contributed by atoms with Gasteiger partial charge in [-0.2, -0.15) is 4.98 Å². The highest BCUT2D eigenvalue weighted by Crippen LogP contribution is 2.25. The Labute approximate surface area is 154 Å². The lowest BCUT2D eigenvalue weighted by Gasteiger charge is -2.23. The summed E-state index contributed by atoms with van der Waals surface area (Å²) in [5.74, 6) is 1.82. The summed E-state index contributed by atoms with van der Waals surface area (Å²) in [5, 5.41) is 14.2. The van der Waals surface area contributed by atoms with Gasteiger partial charge in [-0.1, -0.05) is 25.9 Å². The monoisotopic (exact) mass is 360 g/mol. The maximum Gasteiger partial charge on any atom is 0.229 e. The number of aliphatic hydroxyl groups excluding tert-OH is 1. The van der Waals surface area contributed by atoms with E-state index in [0.29, 0.717) is 24.6 Å². The topological polar surface area (TPSA) is 77.6 Å². The summed E-state index contributed by atoms with van der Waals surface area (Å²) >= 11 is 0. The summed E-state index contributed by atoms with van der Waals surface area (Å²) < 4.78 is 16.6. The summed E-state index contributed by atoms with van der Waals surface area (Å²) in [5.41, 5.74) is 0.923. The van der Waals surface area contributed by atoms with Crippen LogP contribution < -0.4 is 4.74 Å². The Bertz CT molecular complexity index is 685. The molecule has 2 aromatic rings. The van der Waals surface area contributed by atoms with Crippen LogP contribution in [0.2, 0.25) is 0 Å². The molecule has 6 nitrogen and oxygen atoms in total. The summed E-state index contributed by atoms with van der Waals surface area (Å²) in [6.07, 6.45) is 2.63. The minimum absolute atomic E-state index is 0.0581. The summed E-state index contributed by atoms with van der Waals surface area (Å²) in [4.78, 5) is 4.40. The van der Waals surface area contributed by atoms with Gasteiger partial charge < -0.3 is 19.1 Å². The second kappa shape index (κ2) is 8.18. The van der Waals surface area contributed by atoms with Crippen LogP contribution in [0.15, 0.2) is 28.8 Å². The lowest BCUT2D eigenvalue weighted by atomic mass is 9.88. The van der Waals surface area contributed by atoms with Gasteiger partial charge in [-0.15, -0.1) is 0 Å². The molecule has 1 unspecified atom stereocenters. The van der Waals surface area contributed by atoms with Gasteiger partial charge in [-0.25, -0.2) is 0 Å². The Morgan fingerprint density at radius 2 is 1.88 bits per heavy atom. The first-order valence-electron chi connectivity index (χ1n) is 9.24. The van der Waals surface area contributed by atoms with E-state index in [9.17, 15) is 5.11 Å². The minimum Gasteiger partial charge on any atom is -0.490 e. The normalized spacial score (nSPS) is 17.2. The molecular weight excluding hydrogens is 332 g/mol. The molecule has 1 fully saturated rings. The van der Waals surface area contributed by atoms with Crippen LogP contribution in [0.25, 0.3) is 11.4 Å². The van der Waals surface area contributed by atoms with Crippen LogP contribution in [0.3, 0.4) is 0 Å². The molecule has 1 aromatic carbocycles. The van der Waals surface area contributed by atoms with Crippen molar-refractivity contribution in [2.24, 2.45) is 5.41 Å². The largest absolute Gasteiger partial charge is 0.490 e. The predicted molar refractivity (Wildman–Crippen MR) is 98.0 cm³/mol. The van der Waals surface area contributed by atoms with Gasteiger partial charge in [0.15, 0.2) is 0 Å². The lowest BCUT2D eigenvalue weighted by Crippen LogP contribution is -2.25. The average Bonchev–Trinajstić information content (AvgIpc) is 3.03. The Morgan fingerprint density at radius 3 is 2.54 bits per heavy atom. The fourth-order valence-electron chi connectivity index (χ4n) is 3.10. The van der Waals surface area contributed by atoms with Gasteiger partial charge in [-0.3, -0.25) is 0 Å². The van der Waals surface area contributed by atoms with Crippen molar-refractivity contribution in [3.63, 3.8) is 0 Å². The highest BCUT2D eigenvalue weighted by Gasteiger charge is 2.20. The molecule has 0 bridgehead atoms. The van der Waals surface area contributed by atoms with E-state index in [-0.39, 0.29) is 11.5 Å².